The van der Waals surface area contributed by atoms with Crippen LogP contribution in [0.1, 0.15) is 23.2 Å². The summed E-state index contributed by atoms with van der Waals surface area (Å²) in [5.74, 6) is -0.240. The number of fused-ring (bicyclic) bond motifs is 1. The minimum absolute atomic E-state index is 0.0220. The van der Waals surface area contributed by atoms with Crippen LogP contribution < -0.4 is 5.32 Å². The topological polar surface area (TPSA) is 75.2 Å². The first kappa shape index (κ1) is 18.4. The lowest BCUT2D eigenvalue weighted by atomic mass is 9.95. The van der Waals surface area contributed by atoms with Crippen molar-refractivity contribution < 1.29 is 9.59 Å². The summed E-state index contributed by atoms with van der Waals surface area (Å²) in [6, 6.07) is 10.7. The van der Waals surface area contributed by atoms with Crippen LogP contribution in [0.5, 0.6) is 0 Å². The molecule has 1 fully saturated rings. The van der Waals surface area contributed by atoms with Gasteiger partial charge in [0.15, 0.2) is 0 Å². The first-order valence-electron chi connectivity index (χ1n) is 9.16. The molecule has 3 aromatic rings. The number of amides is 2. The van der Waals surface area contributed by atoms with Gasteiger partial charge in [0.05, 0.1) is 11.2 Å². The molecule has 7 heteroatoms. The molecule has 0 saturated carbocycles. The van der Waals surface area contributed by atoms with Crippen LogP contribution in [0.4, 0.5) is 5.69 Å². The summed E-state index contributed by atoms with van der Waals surface area (Å²) in [5, 5.41) is 4.40. The van der Waals surface area contributed by atoms with Crippen LogP contribution in [-0.4, -0.2) is 39.8 Å². The average molecular weight is 395 g/mol. The second-order valence-electron chi connectivity index (χ2n) is 6.82. The summed E-state index contributed by atoms with van der Waals surface area (Å²) in [6.07, 6.45) is 6.14. The Bertz CT molecular complexity index is 1020. The van der Waals surface area contributed by atoms with Gasteiger partial charge in [-0.05, 0) is 43.2 Å². The van der Waals surface area contributed by atoms with Crippen molar-refractivity contribution in [1.29, 1.82) is 0 Å². The monoisotopic (exact) mass is 394 g/mol. The fourth-order valence-corrected chi connectivity index (χ4v) is 3.73. The number of pyridine rings is 2. The maximum atomic E-state index is 12.8. The molecule has 2 aromatic heterocycles. The molecule has 0 bridgehead atoms. The lowest BCUT2D eigenvalue weighted by molar-refractivity contribution is -0.121. The number of nitrogens with one attached hydrogen (secondary N) is 1. The zero-order chi connectivity index (χ0) is 19.5. The van der Waals surface area contributed by atoms with Gasteiger partial charge in [-0.25, -0.2) is 0 Å². The van der Waals surface area contributed by atoms with E-state index in [1.807, 2.05) is 18.2 Å². The molecule has 3 heterocycles. The Hall–Kier alpha value is -2.99. The van der Waals surface area contributed by atoms with Crippen molar-refractivity contribution >= 4 is 40.0 Å². The van der Waals surface area contributed by atoms with Gasteiger partial charge in [0.1, 0.15) is 0 Å². The molecule has 0 spiro atoms. The largest absolute Gasteiger partial charge is 0.339 e. The number of aromatic nitrogens is 2. The van der Waals surface area contributed by atoms with Crippen LogP contribution >= 0.6 is 11.6 Å². The molecule has 142 valence electrons. The van der Waals surface area contributed by atoms with Gasteiger partial charge in [-0.15, -0.1) is 0 Å². The lowest BCUT2D eigenvalue weighted by Gasteiger charge is -2.31. The van der Waals surface area contributed by atoms with E-state index >= 15 is 0 Å². The third-order valence-corrected chi connectivity index (χ3v) is 5.23. The maximum absolute atomic E-state index is 12.8. The molecule has 1 aliphatic rings. The Morgan fingerprint density at radius 1 is 1.07 bits per heavy atom. The smallest absolute Gasteiger partial charge is 0.253 e. The van der Waals surface area contributed by atoms with E-state index in [0.29, 0.717) is 47.7 Å². The molecular formula is C21H19ClN4O2. The van der Waals surface area contributed by atoms with Crippen molar-refractivity contribution in [3.63, 3.8) is 0 Å². The van der Waals surface area contributed by atoms with Crippen molar-refractivity contribution in [3.8, 4) is 0 Å². The van der Waals surface area contributed by atoms with Crippen molar-refractivity contribution in [1.82, 2.24) is 14.9 Å². The van der Waals surface area contributed by atoms with Gasteiger partial charge in [0.2, 0.25) is 5.91 Å². The van der Waals surface area contributed by atoms with Gasteiger partial charge in [0, 0.05) is 53.6 Å². The Morgan fingerprint density at radius 3 is 2.57 bits per heavy atom. The second kappa shape index (κ2) is 7.94. The predicted octanol–water partition coefficient (Wildman–Crippen LogP) is 3.77. The summed E-state index contributed by atoms with van der Waals surface area (Å²) in [4.78, 5) is 35.4. The lowest BCUT2D eigenvalue weighted by Crippen LogP contribution is -2.41. The Morgan fingerprint density at radius 2 is 1.82 bits per heavy atom. The standard InChI is InChI=1S/C21H19ClN4O2/c22-17-12-16-2-1-7-24-19(16)18(13-17)25-20(27)14-5-10-26(11-6-14)21(28)15-3-8-23-9-4-15/h1-4,7-9,12-14H,5-6,10-11H2,(H,25,27). The van der Waals surface area contributed by atoms with Gasteiger partial charge in [-0.1, -0.05) is 17.7 Å². The van der Waals surface area contributed by atoms with E-state index in [-0.39, 0.29) is 17.7 Å². The Balaban J connectivity index is 1.42. The van der Waals surface area contributed by atoms with E-state index in [0.717, 1.165) is 5.39 Å². The SMILES string of the molecule is O=C(Nc1cc(Cl)cc2cccnc12)C1CCN(C(=O)c2ccncc2)CC1. The highest BCUT2D eigenvalue weighted by Crippen LogP contribution is 2.28. The summed E-state index contributed by atoms with van der Waals surface area (Å²) >= 11 is 6.18. The molecule has 6 nitrogen and oxygen atoms in total. The fraction of sp³-hybridized carbons (Fsp3) is 0.238. The number of hydrogen-bond donors (Lipinski definition) is 1. The zero-order valence-electron chi connectivity index (χ0n) is 15.1. The van der Waals surface area contributed by atoms with Crippen LogP contribution in [0, 0.1) is 5.92 Å². The Labute approximate surface area is 167 Å². The highest BCUT2D eigenvalue weighted by Gasteiger charge is 2.28. The zero-order valence-corrected chi connectivity index (χ0v) is 15.9. The number of benzene rings is 1. The summed E-state index contributed by atoms with van der Waals surface area (Å²) in [7, 11) is 0. The van der Waals surface area contributed by atoms with E-state index in [2.05, 4.69) is 15.3 Å². The molecule has 2 amide bonds. The van der Waals surface area contributed by atoms with E-state index in [1.54, 1.807) is 41.7 Å². The summed E-state index contributed by atoms with van der Waals surface area (Å²) < 4.78 is 0. The normalized spacial score (nSPS) is 14.8. The van der Waals surface area contributed by atoms with E-state index in [9.17, 15) is 9.59 Å². The number of likely N-dealkylation sites (tertiary alicyclic amines) is 1. The second-order valence-corrected chi connectivity index (χ2v) is 7.26. The Kier molecular flexibility index (Phi) is 5.21. The van der Waals surface area contributed by atoms with Gasteiger partial charge in [0.25, 0.3) is 5.91 Å². The van der Waals surface area contributed by atoms with Crippen molar-refractivity contribution in [2.45, 2.75) is 12.8 Å². The minimum atomic E-state index is -0.153. The van der Waals surface area contributed by atoms with Crippen LogP contribution in [-0.2, 0) is 4.79 Å². The first-order valence-corrected chi connectivity index (χ1v) is 9.54. The van der Waals surface area contributed by atoms with Crippen molar-refractivity contribution in [2.75, 3.05) is 18.4 Å². The molecule has 1 saturated heterocycles. The number of nitrogens with zero attached hydrogens (tertiary/aromatic N) is 3. The summed E-state index contributed by atoms with van der Waals surface area (Å²) in [5.41, 5.74) is 1.95. The number of hydrogen-bond acceptors (Lipinski definition) is 4. The number of piperidine rings is 1. The van der Waals surface area contributed by atoms with Crippen LogP contribution in [0.2, 0.25) is 5.02 Å². The van der Waals surface area contributed by atoms with Crippen LogP contribution in [0.25, 0.3) is 10.9 Å². The molecule has 0 unspecified atom stereocenters. The highest BCUT2D eigenvalue weighted by molar-refractivity contribution is 6.32. The highest BCUT2D eigenvalue weighted by atomic mass is 35.5. The molecule has 4 rings (SSSR count). The molecule has 1 aromatic carbocycles. The molecule has 0 radical (unpaired) electrons. The third-order valence-electron chi connectivity index (χ3n) is 5.01. The summed E-state index contributed by atoms with van der Waals surface area (Å²) in [6.45, 7) is 1.10. The molecule has 1 N–H and O–H groups in total. The van der Waals surface area contributed by atoms with Gasteiger partial charge in [-0.3, -0.25) is 19.6 Å². The van der Waals surface area contributed by atoms with Gasteiger partial charge in [-0.2, -0.15) is 0 Å². The molecular weight excluding hydrogens is 376 g/mol. The molecule has 28 heavy (non-hydrogen) atoms. The van der Waals surface area contributed by atoms with Crippen molar-refractivity contribution in [3.05, 3.63) is 65.6 Å². The van der Waals surface area contributed by atoms with E-state index in [4.69, 9.17) is 11.6 Å². The molecule has 0 atom stereocenters. The van der Waals surface area contributed by atoms with Gasteiger partial charge >= 0.3 is 0 Å². The third kappa shape index (κ3) is 3.82. The number of carbonyl (C=O) groups excluding carboxylic acids is 2. The average Bonchev–Trinajstić information content (AvgIpc) is 2.74. The van der Waals surface area contributed by atoms with E-state index < -0.39 is 0 Å². The van der Waals surface area contributed by atoms with E-state index in [1.165, 1.54) is 0 Å². The maximum Gasteiger partial charge on any atom is 0.253 e. The predicted molar refractivity (Wildman–Crippen MR) is 108 cm³/mol. The number of carbonyl (C=O) groups is 2. The van der Waals surface area contributed by atoms with Gasteiger partial charge < -0.3 is 10.2 Å². The fourth-order valence-electron chi connectivity index (χ4n) is 3.51. The van der Waals surface area contributed by atoms with Crippen LogP contribution in [0.15, 0.2) is 55.0 Å². The minimum Gasteiger partial charge on any atom is -0.339 e. The number of anilines is 1. The number of halogens is 1. The molecule has 1 aliphatic heterocycles. The number of rotatable bonds is 3. The first-order chi connectivity index (χ1) is 13.6. The molecule has 0 aliphatic carbocycles. The quantitative estimate of drug-likeness (QED) is 0.733. The van der Waals surface area contributed by atoms with Crippen LogP contribution in [0.3, 0.4) is 0 Å². The van der Waals surface area contributed by atoms with Crippen molar-refractivity contribution in [2.24, 2.45) is 5.92 Å².